The van der Waals surface area contributed by atoms with Crippen LogP contribution in [0.3, 0.4) is 0 Å². The summed E-state index contributed by atoms with van der Waals surface area (Å²) in [5.74, 6) is 0. The Balaban J connectivity index is 2.34. The third-order valence-corrected chi connectivity index (χ3v) is 11.1. The number of rotatable bonds is 9. The monoisotopic (exact) mass is 562 g/mol. The molecule has 32 heavy (non-hydrogen) atoms. The van der Waals surface area contributed by atoms with Gasteiger partial charge in [-0.2, -0.15) is 0 Å². The van der Waals surface area contributed by atoms with E-state index in [4.69, 9.17) is 0 Å². The van der Waals surface area contributed by atoms with Gasteiger partial charge in [0.25, 0.3) is 0 Å². The molecule has 0 aliphatic rings. The van der Waals surface area contributed by atoms with Crippen molar-refractivity contribution in [2.75, 3.05) is 12.3 Å². The molecular weight excluding hydrogens is 550 g/mol. The van der Waals surface area contributed by atoms with Crippen LogP contribution >= 0.6 is 17.2 Å². The fourth-order valence-corrected chi connectivity index (χ4v) is 10.2. The minimum absolute atomic E-state index is 0.0516. The van der Waals surface area contributed by atoms with Crippen molar-refractivity contribution in [3.05, 3.63) is 36.4 Å². The smallest absolute Gasteiger partial charge is 0.126 e. The highest BCUT2D eigenvalue weighted by Crippen LogP contribution is 2.28. The fourth-order valence-electron chi connectivity index (χ4n) is 2.61. The lowest BCUT2D eigenvalue weighted by Crippen LogP contribution is -2.18. The van der Waals surface area contributed by atoms with Crippen LogP contribution in [0.1, 0.15) is 0 Å². The van der Waals surface area contributed by atoms with Gasteiger partial charge in [0.15, 0.2) is 0 Å². The standard InChI is InChI=1S/C14H16O12P2S4/c15-29(16,17)11-5-1-3-9(13(11)31(21,22)23)27-7-8-28-10-4-2-6-12(30(18,19)20)14(10)32(24,25)26/h1-6,27-28H,7-8H2,(H,15,16,17)(H,18,19,20)(H,21,22,23)(H,24,25,26)/p-4. The molecule has 2 atom stereocenters. The van der Waals surface area contributed by atoms with E-state index in [1.165, 1.54) is 0 Å². The topological polar surface area (TPSA) is 229 Å². The van der Waals surface area contributed by atoms with E-state index in [0.717, 1.165) is 24.3 Å². The quantitative estimate of drug-likeness (QED) is 0.195. The van der Waals surface area contributed by atoms with E-state index in [1.807, 2.05) is 0 Å². The van der Waals surface area contributed by atoms with Crippen molar-refractivity contribution in [3.8, 4) is 0 Å². The van der Waals surface area contributed by atoms with Crippen LogP contribution in [0, 0.1) is 0 Å². The summed E-state index contributed by atoms with van der Waals surface area (Å²) in [7, 11) is -22.2. The molecule has 0 spiro atoms. The normalized spacial score (nSPS) is 14.0. The zero-order valence-corrected chi connectivity index (χ0v) is 20.7. The largest absolute Gasteiger partial charge is 0.744 e. The Morgan fingerprint density at radius 3 is 1.09 bits per heavy atom. The number of benzene rings is 2. The molecule has 0 aromatic heterocycles. The Hall–Kier alpha value is -1.06. The number of hydrogen-bond donors (Lipinski definition) is 0. The van der Waals surface area contributed by atoms with Crippen LogP contribution in [-0.4, -0.2) is 64.2 Å². The van der Waals surface area contributed by atoms with Gasteiger partial charge in [0.1, 0.15) is 40.5 Å². The fraction of sp³-hybridized carbons (Fsp3) is 0.143. The van der Waals surface area contributed by atoms with Gasteiger partial charge in [0, 0.05) is 0 Å². The van der Waals surface area contributed by atoms with E-state index in [-0.39, 0.29) is 22.9 Å². The molecule has 0 fully saturated rings. The van der Waals surface area contributed by atoms with E-state index in [0.29, 0.717) is 12.1 Å². The van der Waals surface area contributed by atoms with Crippen molar-refractivity contribution in [1.29, 1.82) is 0 Å². The lowest BCUT2D eigenvalue weighted by molar-refractivity contribution is 0.447. The minimum Gasteiger partial charge on any atom is -0.744 e. The molecule has 18 heteroatoms. The summed E-state index contributed by atoms with van der Waals surface area (Å²) in [6.07, 6.45) is 0.103. The first kappa shape index (κ1) is 27.2. The molecule has 0 saturated heterocycles. The Labute approximate surface area is 188 Å². The zero-order valence-electron chi connectivity index (χ0n) is 15.4. The van der Waals surface area contributed by atoms with Crippen LogP contribution in [-0.2, 0) is 40.5 Å². The van der Waals surface area contributed by atoms with Gasteiger partial charge in [-0.15, -0.1) is 0 Å². The maximum absolute atomic E-state index is 11.5. The van der Waals surface area contributed by atoms with E-state index in [9.17, 15) is 51.9 Å². The highest BCUT2D eigenvalue weighted by atomic mass is 32.2. The Bertz CT molecular complexity index is 1350. The second-order valence-corrected chi connectivity index (χ2v) is 14.0. The molecule has 0 aliphatic heterocycles. The third-order valence-electron chi connectivity index (χ3n) is 3.75. The molecule has 0 heterocycles. The van der Waals surface area contributed by atoms with Crippen molar-refractivity contribution in [3.63, 3.8) is 0 Å². The Morgan fingerprint density at radius 2 is 0.844 bits per heavy atom. The lowest BCUT2D eigenvalue weighted by atomic mass is 10.4. The molecule has 178 valence electrons. The first-order valence-corrected chi connectivity index (χ1v) is 16.1. The number of hydrogen-bond acceptors (Lipinski definition) is 12. The van der Waals surface area contributed by atoms with Crippen molar-refractivity contribution < 1.29 is 51.9 Å². The summed E-state index contributed by atoms with van der Waals surface area (Å²) in [4.78, 5) is -4.71. The molecule has 0 bridgehead atoms. The van der Waals surface area contributed by atoms with Crippen LogP contribution < -0.4 is 10.6 Å². The van der Waals surface area contributed by atoms with Gasteiger partial charge in [-0.25, -0.2) is 33.7 Å². The molecule has 2 aromatic carbocycles. The van der Waals surface area contributed by atoms with Crippen molar-refractivity contribution in [1.82, 2.24) is 0 Å². The van der Waals surface area contributed by atoms with Gasteiger partial charge >= 0.3 is 0 Å². The lowest BCUT2D eigenvalue weighted by Gasteiger charge is -2.20. The summed E-state index contributed by atoms with van der Waals surface area (Å²) in [5.41, 5.74) is 0. The maximum Gasteiger partial charge on any atom is 0.126 e. The van der Waals surface area contributed by atoms with Gasteiger partial charge < -0.3 is 18.2 Å². The molecule has 0 radical (unpaired) electrons. The Kier molecular flexibility index (Phi) is 8.21. The van der Waals surface area contributed by atoms with Gasteiger partial charge in [-0.05, 0) is 35.1 Å². The van der Waals surface area contributed by atoms with Gasteiger partial charge in [0.2, 0.25) is 0 Å². The summed E-state index contributed by atoms with van der Waals surface area (Å²) in [6.45, 7) is 0. The average molecular weight is 562 g/mol. The van der Waals surface area contributed by atoms with Crippen LogP contribution in [0.15, 0.2) is 56.0 Å². The highest BCUT2D eigenvalue weighted by molar-refractivity contribution is 7.89. The first-order chi connectivity index (χ1) is 14.4. The minimum atomic E-state index is -5.33. The molecule has 0 saturated carbocycles. The molecule has 0 amide bonds. The van der Waals surface area contributed by atoms with Crippen LogP contribution in [0.4, 0.5) is 0 Å². The van der Waals surface area contributed by atoms with E-state index in [1.54, 1.807) is 0 Å². The molecule has 2 unspecified atom stereocenters. The summed E-state index contributed by atoms with van der Waals surface area (Å²) >= 11 is 0. The van der Waals surface area contributed by atoms with Gasteiger partial charge in [0.05, 0.1) is 19.6 Å². The zero-order chi connectivity index (χ0) is 24.5. The van der Waals surface area contributed by atoms with Crippen molar-refractivity contribution in [2.24, 2.45) is 0 Å². The first-order valence-electron chi connectivity index (χ1n) is 8.01. The van der Waals surface area contributed by atoms with Crippen molar-refractivity contribution >= 4 is 68.2 Å². The van der Waals surface area contributed by atoms with Crippen LogP contribution in [0.25, 0.3) is 0 Å². The van der Waals surface area contributed by atoms with Crippen LogP contribution in [0.2, 0.25) is 0 Å². The maximum atomic E-state index is 11.5. The summed E-state index contributed by atoms with van der Waals surface area (Å²) in [6, 6.07) is 5.80. The van der Waals surface area contributed by atoms with E-state index >= 15 is 0 Å². The molecular formula is C14H12O12P2S4-4. The second-order valence-electron chi connectivity index (χ2n) is 5.94. The molecule has 12 nitrogen and oxygen atoms in total. The molecule has 2 aromatic rings. The SMILES string of the molecule is O=S(=O)([O-])c1cccc(PCCPc2cccc(S(=O)(=O)[O-])c2S(=O)(=O)[O-])c1S(=O)(=O)[O-]. The molecule has 2 rings (SSSR count). The predicted octanol–water partition coefficient (Wildman–Crippen LogP) is -1.39. The summed E-state index contributed by atoms with van der Waals surface area (Å²) in [5, 5.41) is -0.455. The molecule has 0 N–H and O–H groups in total. The van der Waals surface area contributed by atoms with E-state index < -0.39 is 77.2 Å². The Morgan fingerprint density at radius 1 is 0.531 bits per heavy atom. The van der Waals surface area contributed by atoms with Gasteiger partial charge in [-0.1, -0.05) is 41.4 Å². The predicted molar refractivity (Wildman–Crippen MR) is 110 cm³/mol. The van der Waals surface area contributed by atoms with Crippen molar-refractivity contribution in [2.45, 2.75) is 19.6 Å². The third kappa shape index (κ3) is 6.73. The van der Waals surface area contributed by atoms with E-state index in [2.05, 4.69) is 0 Å². The van der Waals surface area contributed by atoms with Gasteiger partial charge in [-0.3, -0.25) is 0 Å². The molecule has 0 aliphatic carbocycles. The summed E-state index contributed by atoms with van der Waals surface area (Å²) < 4.78 is 137. The second kappa shape index (κ2) is 9.66. The highest BCUT2D eigenvalue weighted by Gasteiger charge is 2.20. The van der Waals surface area contributed by atoms with Crippen LogP contribution in [0.5, 0.6) is 0 Å². The average Bonchev–Trinajstić information content (AvgIpc) is 2.61.